The lowest BCUT2D eigenvalue weighted by Gasteiger charge is -2.09. The normalized spacial score (nSPS) is 10.5. The molecule has 0 spiro atoms. The van der Waals surface area contributed by atoms with Crippen LogP contribution in [-0.4, -0.2) is 16.3 Å². The van der Waals surface area contributed by atoms with Crippen LogP contribution in [0, 0.1) is 0 Å². The predicted octanol–water partition coefficient (Wildman–Crippen LogP) is 2.35. The van der Waals surface area contributed by atoms with Crippen LogP contribution in [0.5, 0.6) is 0 Å². The molecule has 3 nitrogen and oxygen atoms in total. The predicted molar refractivity (Wildman–Crippen MR) is 63.7 cm³/mol. The van der Waals surface area contributed by atoms with Crippen LogP contribution in [-0.2, 0) is 13.1 Å². The van der Waals surface area contributed by atoms with E-state index in [2.05, 4.69) is 36.9 Å². The Hall–Kier alpha value is -1.09. The van der Waals surface area contributed by atoms with Crippen molar-refractivity contribution in [1.29, 1.82) is 0 Å². The molecule has 0 amide bonds. The summed E-state index contributed by atoms with van der Waals surface area (Å²) in [6.07, 6.45) is 4.03. The third kappa shape index (κ3) is 3.88. The summed E-state index contributed by atoms with van der Waals surface area (Å²) in [5.41, 5.74) is 2.45. The minimum absolute atomic E-state index is 0.840. The molecule has 15 heavy (non-hydrogen) atoms. The average Bonchev–Trinajstić information content (AvgIpc) is 2.66. The van der Waals surface area contributed by atoms with E-state index in [4.69, 9.17) is 0 Å². The molecule has 0 aliphatic carbocycles. The SMILES string of the molecule is C=C(CC)Cn1nccc1CNCCC. The Kier molecular flexibility index (Phi) is 5.12. The van der Waals surface area contributed by atoms with Gasteiger partial charge in [0.1, 0.15) is 0 Å². The van der Waals surface area contributed by atoms with E-state index < -0.39 is 0 Å². The summed E-state index contributed by atoms with van der Waals surface area (Å²) in [5, 5.41) is 7.68. The smallest absolute Gasteiger partial charge is 0.0620 e. The molecule has 0 aliphatic heterocycles. The molecule has 1 N–H and O–H groups in total. The fraction of sp³-hybridized carbons (Fsp3) is 0.583. The fourth-order valence-corrected chi connectivity index (χ4v) is 1.37. The van der Waals surface area contributed by atoms with Gasteiger partial charge in [0.25, 0.3) is 0 Å². The number of rotatable bonds is 7. The van der Waals surface area contributed by atoms with E-state index in [0.29, 0.717) is 0 Å². The number of nitrogens with one attached hydrogen (secondary N) is 1. The van der Waals surface area contributed by atoms with E-state index in [-0.39, 0.29) is 0 Å². The van der Waals surface area contributed by atoms with Crippen LogP contribution < -0.4 is 5.32 Å². The van der Waals surface area contributed by atoms with Gasteiger partial charge in [0.2, 0.25) is 0 Å². The second-order valence-corrected chi connectivity index (χ2v) is 3.76. The third-order valence-corrected chi connectivity index (χ3v) is 2.41. The molecule has 84 valence electrons. The molecule has 0 radical (unpaired) electrons. The Morgan fingerprint density at radius 1 is 1.53 bits per heavy atom. The van der Waals surface area contributed by atoms with Crippen molar-refractivity contribution >= 4 is 0 Å². The van der Waals surface area contributed by atoms with Gasteiger partial charge in [-0.3, -0.25) is 4.68 Å². The number of hydrogen-bond acceptors (Lipinski definition) is 2. The molecule has 0 aromatic carbocycles. The lowest BCUT2D eigenvalue weighted by atomic mass is 10.2. The van der Waals surface area contributed by atoms with Gasteiger partial charge < -0.3 is 5.32 Å². The van der Waals surface area contributed by atoms with Gasteiger partial charge in [0, 0.05) is 12.7 Å². The highest BCUT2D eigenvalue weighted by Crippen LogP contribution is 2.05. The largest absolute Gasteiger partial charge is 0.311 e. The van der Waals surface area contributed by atoms with Gasteiger partial charge in [-0.05, 0) is 25.5 Å². The lowest BCUT2D eigenvalue weighted by Crippen LogP contribution is -2.17. The summed E-state index contributed by atoms with van der Waals surface area (Å²) in [7, 11) is 0. The van der Waals surface area contributed by atoms with Crippen LogP contribution in [0.1, 0.15) is 32.4 Å². The first kappa shape index (κ1) is 12.0. The molecule has 0 bridgehead atoms. The topological polar surface area (TPSA) is 29.9 Å². The molecular formula is C12H21N3. The number of hydrogen-bond donors (Lipinski definition) is 1. The molecule has 1 aromatic rings. The maximum absolute atomic E-state index is 4.30. The molecule has 0 saturated carbocycles. The van der Waals surface area contributed by atoms with E-state index in [1.54, 1.807) is 0 Å². The van der Waals surface area contributed by atoms with Gasteiger partial charge in [-0.2, -0.15) is 5.10 Å². The molecule has 0 saturated heterocycles. The molecule has 1 aromatic heterocycles. The van der Waals surface area contributed by atoms with Crippen LogP contribution in [0.4, 0.5) is 0 Å². The quantitative estimate of drug-likeness (QED) is 0.549. The second kappa shape index (κ2) is 6.40. The van der Waals surface area contributed by atoms with Crippen molar-refractivity contribution in [2.75, 3.05) is 6.54 Å². The van der Waals surface area contributed by atoms with E-state index in [0.717, 1.165) is 32.5 Å². The first-order chi connectivity index (χ1) is 7.27. The Morgan fingerprint density at radius 2 is 2.33 bits per heavy atom. The van der Waals surface area contributed by atoms with Crippen molar-refractivity contribution < 1.29 is 0 Å². The maximum atomic E-state index is 4.30. The molecule has 0 fully saturated rings. The van der Waals surface area contributed by atoms with Crippen LogP contribution >= 0.6 is 0 Å². The van der Waals surface area contributed by atoms with Crippen molar-refractivity contribution in [1.82, 2.24) is 15.1 Å². The highest BCUT2D eigenvalue weighted by Gasteiger charge is 2.02. The summed E-state index contributed by atoms with van der Waals surface area (Å²) < 4.78 is 2.02. The minimum Gasteiger partial charge on any atom is -0.311 e. The number of nitrogens with zero attached hydrogens (tertiary/aromatic N) is 2. The van der Waals surface area contributed by atoms with E-state index in [1.807, 2.05) is 10.9 Å². The van der Waals surface area contributed by atoms with Gasteiger partial charge >= 0.3 is 0 Å². The zero-order valence-corrected chi connectivity index (χ0v) is 9.79. The summed E-state index contributed by atoms with van der Waals surface area (Å²) >= 11 is 0. The van der Waals surface area contributed by atoms with Crippen molar-refractivity contribution in [3.63, 3.8) is 0 Å². The summed E-state index contributed by atoms with van der Waals surface area (Å²) in [6.45, 7) is 11.1. The molecule has 0 aliphatic rings. The molecule has 1 heterocycles. The van der Waals surface area contributed by atoms with Gasteiger partial charge in [-0.25, -0.2) is 0 Å². The first-order valence-electron chi connectivity index (χ1n) is 5.66. The Bertz CT molecular complexity index is 302. The van der Waals surface area contributed by atoms with Crippen LogP contribution in [0.3, 0.4) is 0 Å². The zero-order chi connectivity index (χ0) is 11.1. The van der Waals surface area contributed by atoms with Crippen LogP contribution in [0.25, 0.3) is 0 Å². The van der Waals surface area contributed by atoms with Crippen molar-refractivity contribution in [3.05, 3.63) is 30.1 Å². The molecular weight excluding hydrogens is 186 g/mol. The minimum atomic E-state index is 0.840. The molecule has 0 atom stereocenters. The lowest BCUT2D eigenvalue weighted by molar-refractivity contribution is 0.584. The first-order valence-corrected chi connectivity index (χ1v) is 5.66. The number of allylic oxidation sites excluding steroid dienone is 1. The van der Waals surface area contributed by atoms with Crippen molar-refractivity contribution in [2.24, 2.45) is 0 Å². The Balaban J connectivity index is 2.49. The second-order valence-electron chi connectivity index (χ2n) is 3.76. The highest BCUT2D eigenvalue weighted by molar-refractivity contribution is 5.03. The van der Waals surface area contributed by atoms with Crippen molar-refractivity contribution in [2.45, 2.75) is 39.8 Å². The summed E-state index contributed by atoms with van der Waals surface area (Å²) in [4.78, 5) is 0. The van der Waals surface area contributed by atoms with E-state index in [1.165, 1.54) is 11.3 Å². The maximum Gasteiger partial charge on any atom is 0.0620 e. The van der Waals surface area contributed by atoms with Crippen LogP contribution in [0.2, 0.25) is 0 Å². The highest BCUT2D eigenvalue weighted by atomic mass is 15.3. The fourth-order valence-electron chi connectivity index (χ4n) is 1.37. The molecule has 1 rings (SSSR count). The Morgan fingerprint density at radius 3 is 3.00 bits per heavy atom. The monoisotopic (exact) mass is 207 g/mol. The number of aromatic nitrogens is 2. The average molecular weight is 207 g/mol. The van der Waals surface area contributed by atoms with Gasteiger partial charge in [0.05, 0.1) is 12.2 Å². The summed E-state index contributed by atoms with van der Waals surface area (Å²) in [5.74, 6) is 0. The summed E-state index contributed by atoms with van der Waals surface area (Å²) in [6, 6.07) is 2.06. The van der Waals surface area contributed by atoms with Gasteiger partial charge in [0.15, 0.2) is 0 Å². The standard InChI is InChI=1S/C12H21N3/c1-4-7-13-9-12-6-8-14-15(12)10-11(3)5-2/h6,8,13H,3-5,7,9-10H2,1-2H3. The van der Waals surface area contributed by atoms with Gasteiger partial charge in [-0.15, -0.1) is 0 Å². The molecule has 0 unspecified atom stereocenters. The third-order valence-electron chi connectivity index (χ3n) is 2.41. The van der Waals surface area contributed by atoms with Crippen molar-refractivity contribution in [3.8, 4) is 0 Å². The van der Waals surface area contributed by atoms with Gasteiger partial charge in [-0.1, -0.05) is 26.0 Å². The van der Waals surface area contributed by atoms with E-state index in [9.17, 15) is 0 Å². The van der Waals surface area contributed by atoms with E-state index >= 15 is 0 Å². The molecule has 3 heteroatoms. The Labute approximate surface area is 92.2 Å². The van der Waals surface area contributed by atoms with Crippen LogP contribution in [0.15, 0.2) is 24.4 Å². The zero-order valence-electron chi connectivity index (χ0n) is 9.79.